The summed E-state index contributed by atoms with van der Waals surface area (Å²) >= 11 is 0. The van der Waals surface area contributed by atoms with Gasteiger partial charge >= 0.3 is 0 Å². The highest BCUT2D eigenvalue weighted by molar-refractivity contribution is 5.94. The molecule has 5 rings (SSSR count). The van der Waals surface area contributed by atoms with Gasteiger partial charge in [-0.05, 0) is 82.1 Å². The van der Waals surface area contributed by atoms with Crippen molar-refractivity contribution in [2.45, 2.75) is 82.5 Å². The topological polar surface area (TPSA) is 36.0 Å². The van der Waals surface area contributed by atoms with Gasteiger partial charge in [-0.3, -0.25) is 4.79 Å². The second-order valence-corrected chi connectivity index (χ2v) is 10.0. The van der Waals surface area contributed by atoms with Crippen LogP contribution in [0.3, 0.4) is 0 Å². The third kappa shape index (κ3) is 5.09. The number of nitrogens with zero attached hydrogens (tertiary/aromatic N) is 3. The minimum atomic E-state index is 0.196. The number of hydrogen-bond donors (Lipinski definition) is 0. The van der Waals surface area contributed by atoms with E-state index in [1.807, 2.05) is 17.0 Å². The van der Waals surface area contributed by atoms with Gasteiger partial charge in [0.05, 0.1) is 12.2 Å². The van der Waals surface area contributed by atoms with Crippen LogP contribution in [-0.2, 0) is 4.74 Å². The highest BCUT2D eigenvalue weighted by Crippen LogP contribution is 2.29. The minimum absolute atomic E-state index is 0.196. The maximum absolute atomic E-state index is 12.7. The van der Waals surface area contributed by atoms with Gasteiger partial charge in [0, 0.05) is 56.6 Å². The number of carbonyl (C=O) groups is 1. The molecule has 0 bridgehead atoms. The van der Waals surface area contributed by atoms with Crippen LogP contribution in [0.15, 0.2) is 24.3 Å². The fourth-order valence-electron chi connectivity index (χ4n) is 5.75. The third-order valence-corrected chi connectivity index (χ3v) is 8.02. The van der Waals surface area contributed by atoms with Gasteiger partial charge < -0.3 is 19.4 Å². The molecule has 1 aliphatic carbocycles. The Morgan fingerprint density at radius 1 is 0.710 bits per heavy atom. The SMILES string of the molecule is O=C(c1ccc(N2CCC(OC3CCN(C4CCC4)CC3)CC2)cc1)N1CCCCC1. The minimum Gasteiger partial charge on any atom is -0.375 e. The van der Waals surface area contributed by atoms with Gasteiger partial charge in [0.1, 0.15) is 0 Å². The fraction of sp³-hybridized carbons (Fsp3) is 0.731. The highest BCUT2D eigenvalue weighted by Gasteiger charge is 2.31. The summed E-state index contributed by atoms with van der Waals surface area (Å²) in [7, 11) is 0. The summed E-state index contributed by atoms with van der Waals surface area (Å²) in [5.74, 6) is 0.196. The normalized spacial score (nSPS) is 24.9. The van der Waals surface area contributed by atoms with Crippen molar-refractivity contribution in [1.82, 2.24) is 9.80 Å². The summed E-state index contributed by atoms with van der Waals surface area (Å²) in [4.78, 5) is 19.9. The van der Waals surface area contributed by atoms with E-state index in [2.05, 4.69) is 21.9 Å². The first-order valence-electron chi connectivity index (χ1n) is 12.8. The van der Waals surface area contributed by atoms with Crippen LogP contribution in [0.2, 0.25) is 0 Å². The van der Waals surface area contributed by atoms with Crippen LogP contribution in [0, 0.1) is 0 Å². The number of likely N-dealkylation sites (tertiary alicyclic amines) is 2. The Balaban J connectivity index is 1.06. The van der Waals surface area contributed by atoms with Crippen molar-refractivity contribution in [3.05, 3.63) is 29.8 Å². The molecule has 4 aliphatic rings. The molecule has 0 radical (unpaired) electrons. The van der Waals surface area contributed by atoms with E-state index in [9.17, 15) is 4.79 Å². The zero-order valence-electron chi connectivity index (χ0n) is 19.0. The molecule has 4 fully saturated rings. The molecule has 31 heavy (non-hydrogen) atoms. The van der Waals surface area contributed by atoms with Crippen molar-refractivity contribution in [2.75, 3.05) is 44.2 Å². The molecule has 1 aromatic rings. The number of piperidine rings is 3. The summed E-state index contributed by atoms with van der Waals surface area (Å²) in [6, 6.07) is 9.18. The Labute approximate surface area is 187 Å². The molecule has 1 saturated carbocycles. The second-order valence-electron chi connectivity index (χ2n) is 10.0. The molecule has 0 spiro atoms. The molecule has 0 aromatic heterocycles. The second kappa shape index (κ2) is 9.91. The Kier molecular flexibility index (Phi) is 6.80. The van der Waals surface area contributed by atoms with Gasteiger partial charge in [-0.1, -0.05) is 6.42 Å². The van der Waals surface area contributed by atoms with E-state index in [0.717, 1.165) is 63.5 Å². The number of benzene rings is 1. The maximum atomic E-state index is 12.7. The average Bonchev–Trinajstić information content (AvgIpc) is 2.80. The van der Waals surface area contributed by atoms with Crippen LogP contribution in [0.25, 0.3) is 0 Å². The molecule has 0 atom stereocenters. The van der Waals surface area contributed by atoms with Crippen LogP contribution in [0.5, 0.6) is 0 Å². The predicted molar refractivity (Wildman–Crippen MR) is 125 cm³/mol. The lowest BCUT2D eigenvalue weighted by molar-refractivity contribution is -0.0598. The molecule has 0 N–H and O–H groups in total. The molecular weight excluding hydrogens is 386 g/mol. The van der Waals surface area contributed by atoms with Crippen molar-refractivity contribution < 1.29 is 9.53 Å². The largest absolute Gasteiger partial charge is 0.375 e. The molecule has 3 aliphatic heterocycles. The zero-order chi connectivity index (χ0) is 21.0. The fourth-order valence-corrected chi connectivity index (χ4v) is 5.75. The first kappa shape index (κ1) is 21.3. The predicted octanol–water partition coefficient (Wildman–Crippen LogP) is 4.32. The van der Waals surface area contributed by atoms with Gasteiger partial charge in [0.15, 0.2) is 0 Å². The van der Waals surface area contributed by atoms with Gasteiger partial charge in [0.25, 0.3) is 5.91 Å². The van der Waals surface area contributed by atoms with Crippen LogP contribution in [0.1, 0.15) is 74.6 Å². The van der Waals surface area contributed by atoms with Gasteiger partial charge in [-0.25, -0.2) is 0 Å². The average molecular weight is 426 g/mol. The lowest BCUT2D eigenvalue weighted by Crippen LogP contribution is -2.47. The standard InChI is InChI=1S/C26H39N3O2/c30-26(29-15-2-1-3-16-29)21-7-9-23(10-8-21)28-19-13-25(14-20-28)31-24-11-17-27(18-12-24)22-5-4-6-22/h7-10,22,24-25H,1-6,11-20H2. The monoisotopic (exact) mass is 425 g/mol. The van der Waals surface area contributed by atoms with Crippen LogP contribution < -0.4 is 4.90 Å². The van der Waals surface area contributed by atoms with Crippen molar-refractivity contribution >= 4 is 11.6 Å². The summed E-state index contributed by atoms with van der Waals surface area (Å²) in [6.45, 7) is 6.38. The Bertz CT molecular complexity index is 711. The van der Waals surface area contributed by atoms with E-state index < -0.39 is 0 Å². The van der Waals surface area contributed by atoms with E-state index in [1.54, 1.807) is 0 Å². The van der Waals surface area contributed by atoms with Crippen molar-refractivity contribution in [3.63, 3.8) is 0 Å². The molecule has 0 unspecified atom stereocenters. The van der Waals surface area contributed by atoms with Crippen LogP contribution >= 0.6 is 0 Å². The van der Waals surface area contributed by atoms with Gasteiger partial charge in [0.2, 0.25) is 0 Å². The van der Waals surface area contributed by atoms with Gasteiger partial charge in [-0.15, -0.1) is 0 Å². The number of carbonyl (C=O) groups excluding carboxylic acids is 1. The quantitative estimate of drug-likeness (QED) is 0.704. The van der Waals surface area contributed by atoms with E-state index in [-0.39, 0.29) is 5.91 Å². The zero-order valence-corrected chi connectivity index (χ0v) is 19.0. The van der Waals surface area contributed by atoms with E-state index in [4.69, 9.17) is 4.74 Å². The summed E-state index contributed by atoms with van der Waals surface area (Å²) in [6.07, 6.45) is 13.3. The van der Waals surface area contributed by atoms with E-state index in [0.29, 0.717) is 12.2 Å². The number of anilines is 1. The van der Waals surface area contributed by atoms with E-state index >= 15 is 0 Å². The molecule has 1 aromatic carbocycles. The molecular formula is C26H39N3O2. The molecule has 1 amide bonds. The van der Waals surface area contributed by atoms with Crippen LogP contribution in [-0.4, -0.2) is 73.2 Å². The van der Waals surface area contributed by atoms with E-state index in [1.165, 1.54) is 57.3 Å². The first-order chi connectivity index (χ1) is 15.3. The lowest BCUT2D eigenvalue weighted by Gasteiger charge is -2.43. The van der Waals surface area contributed by atoms with Crippen LogP contribution in [0.4, 0.5) is 5.69 Å². The Morgan fingerprint density at radius 2 is 1.32 bits per heavy atom. The number of hydrogen-bond acceptors (Lipinski definition) is 4. The molecule has 3 heterocycles. The maximum Gasteiger partial charge on any atom is 0.253 e. The number of ether oxygens (including phenoxy) is 1. The van der Waals surface area contributed by atoms with Gasteiger partial charge in [-0.2, -0.15) is 0 Å². The number of amides is 1. The summed E-state index contributed by atoms with van der Waals surface area (Å²) < 4.78 is 6.51. The summed E-state index contributed by atoms with van der Waals surface area (Å²) in [5, 5.41) is 0. The van der Waals surface area contributed by atoms with Crippen molar-refractivity contribution in [3.8, 4) is 0 Å². The summed E-state index contributed by atoms with van der Waals surface area (Å²) in [5.41, 5.74) is 2.07. The Morgan fingerprint density at radius 3 is 1.90 bits per heavy atom. The number of rotatable bonds is 5. The molecule has 170 valence electrons. The molecule has 3 saturated heterocycles. The van der Waals surface area contributed by atoms with Crippen molar-refractivity contribution in [2.24, 2.45) is 0 Å². The molecule has 5 nitrogen and oxygen atoms in total. The third-order valence-electron chi connectivity index (χ3n) is 8.02. The molecule has 5 heteroatoms. The highest BCUT2D eigenvalue weighted by atomic mass is 16.5. The lowest BCUT2D eigenvalue weighted by atomic mass is 9.89. The Hall–Kier alpha value is -1.59. The first-order valence-corrected chi connectivity index (χ1v) is 12.8. The smallest absolute Gasteiger partial charge is 0.253 e. The van der Waals surface area contributed by atoms with Crippen molar-refractivity contribution in [1.29, 1.82) is 0 Å².